The molecule has 2 rings (SSSR count). The van der Waals surface area contributed by atoms with E-state index in [9.17, 15) is 0 Å². The number of ether oxygens (including phenoxy) is 2. The Hall–Kier alpha value is -0.580. The lowest BCUT2D eigenvalue weighted by atomic mass is 10.00. The number of hydrogen-bond donors (Lipinski definition) is 1. The molecule has 0 radical (unpaired) electrons. The fourth-order valence-corrected chi connectivity index (χ4v) is 3.35. The van der Waals surface area contributed by atoms with E-state index in [4.69, 9.17) is 9.47 Å². The summed E-state index contributed by atoms with van der Waals surface area (Å²) >= 11 is 3.62. The van der Waals surface area contributed by atoms with Crippen molar-refractivity contribution in [3.63, 3.8) is 0 Å². The van der Waals surface area contributed by atoms with E-state index in [0.717, 1.165) is 62.3 Å². The molecule has 21 heavy (non-hydrogen) atoms. The van der Waals surface area contributed by atoms with Crippen LogP contribution in [0.3, 0.4) is 0 Å². The molecule has 1 unspecified atom stereocenters. The van der Waals surface area contributed by atoms with Gasteiger partial charge in [0.05, 0.1) is 6.61 Å². The van der Waals surface area contributed by atoms with Gasteiger partial charge in [-0.25, -0.2) is 0 Å². The molecule has 0 aliphatic carbocycles. The molecule has 1 aliphatic rings. The minimum Gasteiger partial charge on any atom is -0.493 e. The van der Waals surface area contributed by atoms with Crippen molar-refractivity contribution in [1.29, 1.82) is 0 Å². The van der Waals surface area contributed by atoms with E-state index in [1.165, 1.54) is 11.1 Å². The molecule has 0 fully saturated rings. The smallest absolute Gasteiger partial charge is 0.125 e. The highest BCUT2D eigenvalue weighted by atomic mass is 79.9. The zero-order valence-corrected chi connectivity index (χ0v) is 14.7. The Balaban J connectivity index is 1.99. The van der Waals surface area contributed by atoms with Crippen LogP contribution in [0.1, 0.15) is 37.8 Å². The lowest BCUT2D eigenvalue weighted by molar-refractivity contribution is 0.124. The van der Waals surface area contributed by atoms with E-state index >= 15 is 0 Å². The highest BCUT2D eigenvalue weighted by Crippen LogP contribution is 2.33. The maximum absolute atomic E-state index is 5.83. The van der Waals surface area contributed by atoms with E-state index in [2.05, 4.69) is 47.2 Å². The summed E-state index contributed by atoms with van der Waals surface area (Å²) < 4.78 is 12.6. The molecular formula is C17H26BrNO2. The maximum Gasteiger partial charge on any atom is 0.125 e. The molecule has 3 nitrogen and oxygen atoms in total. The standard InChI is InChI=1S/C17H26BrNO2/c1-3-7-20-8-6-16(19-4-2)12-14-11-15(18)10-13-5-9-21-17(13)14/h10-11,16,19H,3-9,12H2,1-2H3. The quantitative estimate of drug-likeness (QED) is 0.684. The van der Waals surface area contributed by atoms with E-state index < -0.39 is 0 Å². The van der Waals surface area contributed by atoms with Crippen LogP contribution >= 0.6 is 15.9 Å². The Morgan fingerprint density at radius 2 is 2.19 bits per heavy atom. The second kappa shape index (κ2) is 8.76. The first kappa shape index (κ1) is 16.8. The maximum atomic E-state index is 5.83. The first-order valence-corrected chi connectivity index (χ1v) is 8.79. The van der Waals surface area contributed by atoms with Crippen molar-refractivity contribution in [3.8, 4) is 5.75 Å². The monoisotopic (exact) mass is 355 g/mol. The van der Waals surface area contributed by atoms with Crippen LogP contribution in [-0.2, 0) is 17.6 Å². The molecule has 4 heteroatoms. The lowest BCUT2D eigenvalue weighted by Gasteiger charge is -2.19. The molecule has 0 saturated heterocycles. The van der Waals surface area contributed by atoms with Crippen molar-refractivity contribution in [1.82, 2.24) is 5.32 Å². The van der Waals surface area contributed by atoms with Gasteiger partial charge in [0.1, 0.15) is 5.75 Å². The van der Waals surface area contributed by atoms with Gasteiger partial charge in [0.15, 0.2) is 0 Å². The van der Waals surface area contributed by atoms with Crippen molar-refractivity contribution < 1.29 is 9.47 Å². The van der Waals surface area contributed by atoms with Crippen LogP contribution in [0.25, 0.3) is 0 Å². The van der Waals surface area contributed by atoms with Crippen molar-refractivity contribution >= 4 is 15.9 Å². The van der Waals surface area contributed by atoms with Crippen molar-refractivity contribution in [2.75, 3.05) is 26.4 Å². The number of rotatable bonds is 9. The molecule has 1 heterocycles. The minimum absolute atomic E-state index is 0.439. The molecule has 1 aliphatic heterocycles. The van der Waals surface area contributed by atoms with E-state index in [-0.39, 0.29) is 0 Å². The summed E-state index contributed by atoms with van der Waals surface area (Å²) in [5.41, 5.74) is 2.63. The highest BCUT2D eigenvalue weighted by Gasteiger charge is 2.19. The van der Waals surface area contributed by atoms with Gasteiger partial charge in [0.2, 0.25) is 0 Å². The van der Waals surface area contributed by atoms with Crippen LogP contribution in [0.15, 0.2) is 16.6 Å². The SMILES string of the molecule is CCCOCCC(Cc1cc(Br)cc2c1OCC2)NCC. The summed E-state index contributed by atoms with van der Waals surface area (Å²) in [5.74, 6) is 1.11. The molecule has 0 amide bonds. The predicted molar refractivity (Wildman–Crippen MR) is 90.2 cm³/mol. The van der Waals surface area contributed by atoms with Crippen LogP contribution in [0, 0.1) is 0 Å². The Kier molecular flexibility index (Phi) is 7.00. The number of likely N-dealkylation sites (N-methyl/N-ethyl adjacent to an activating group) is 1. The first-order valence-electron chi connectivity index (χ1n) is 7.99. The normalized spacial score (nSPS) is 14.8. The summed E-state index contributed by atoms with van der Waals surface area (Å²) in [7, 11) is 0. The van der Waals surface area contributed by atoms with Crippen LogP contribution in [0.2, 0.25) is 0 Å². The largest absolute Gasteiger partial charge is 0.493 e. The summed E-state index contributed by atoms with van der Waals surface area (Å²) in [6.45, 7) is 7.77. The molecule has 1 aromatic rings. The molecule has 1 N–H and O–H groups in total. The Morgan fingerprint density at radius 1 is 1.33 bits per heavy atom. The third kappa shape index (κ3) is 4.97. The second-order valence-corrected chi connectivity index (χ2v) is 6.43. The fraction of sp³-hybridized carbons (Fsp3) is 0.647. The van der Waals surface area contributed by atoms with Gasteiger partial charge in [-0.3, -0.25) is 0 Å². The number of nitrogens with one attached hydrogen (secondary N) is 1. The first-order chi connectivity index (χ1) is 10.2. The number of fused-ring (bicyclic) bond motifs is 1. The van der Waals surface area contributed by atoms with Gasteiger partial charge in [-0.05, 0) is 49.1 Å². The van der Waals surface area contributed by atoms with Crippen LogP contribution < -0.4 is 10.1 Å². The molecule has 0 bridgehead atoms. The van der Waals surface area contributed by atoms with Gasteiger partial charge >= 0.3 is 0 Å². The van der Waals surface area contributed by atoms with Crippen LogP contribution in [0.4, 0.5) is 0 Å². The summed E-state index contributed by atoms with van der Waals surface area (Å²) in [6.07, 6.45) is 4.13. The predicted octanol–water partition coefficient (Wildman–Crippen LogP) is 3.72. The van der Waals surface area contributed by atoms with E-state index in [1.54, 1.807) is 0 Å². The van der Waals surface area contributed by atoms with Gasteiger partial charge < -0.3 is 14.8 Å². The van der Waals surface area contributed by atoms with Crippen molar-refractivity contribution in [2.45, 2.75) is 45.6 Å². The van der Waals surface area contributed by atoms with E-state index in [1.807, 2.05) is 0 Å². The molecule has 1 atom stereocenters. The van der Waals surface area contributed by atoms with Crippen LogP contribution in [0.5, 0.6) is 5.75 Å². The molecule has 0 aromatic heterocycles. The summed E-state index contributed by atoms with van der Waals surface area (Å²) in [5, 5.41) is 3.57. The molecule has 0 spiro atoms. The highest BCUT2D eigenvalue weighted by molar-refractivity contribution is 9.10. The zero-order valence-electron chi connectivity index (χ0n) is 13.1. The molecule has 0 saturated carbocycles. The van der Waals surface area contributed by atoms with Gasteiger partial charge in [-0.1, -0.05) is 29.8 Å². The van der Waals surface area contributed by atoms with Gasteiger partial charge in [0, 0.05) is 30.1 Å². The number of hydrogen-bond acceptors (Lipinski definition) is 3. The third-order valence-electron chi connectivity index (χ3n) is 3.74. The average Bonchev–Trinajstić information content (AvgIpc) is 2.92. The Labute approximate surface area is 136 Å². The fourth-order valence-electron chi connectivity index (χ4n) is 2.80. The van der Waals surface area contributed by atoms with Crippen molar-refractivity contribution in [3.05, 3.63) is 27.7 Å². The van der Waals surface area contributed by atoms with E-state index in [0.29, 0.717) is 6.04 Å². The Morgan fingerprint density at radius 3 is 2.95 bits per heavy atom. The lowest BCUT2D eigenvalue weighted by Crippen LogP contribution is -2.32. The number of halogens is 1. The van der Waals surface area contributed by atoms with Gasteiger partial charge in [-0.15, -0.1) is 0 Å². The number of benzene rings is 1. The molecule has 118 valence electrons. The second-order valence-electron chi connectivity index (χ2n) is 5.51. The van der Waals surface area contributed by atoms with Crippen molar-refractivity contribution in [2.24, 2.45) is 0 Å². The summed E-state index contributed by atoms with van der Waals surface area (Å²) in [6, 6.07) is 4.81. The minimum atomic E-state index is 0.439. The zero-order chi connectivity index (χ0) is 15.1. The average molecular weight is 356 g/mol. The topological polar surface area (TPSA) is 30.5 Å². The van der Waals surface area contributed by atoms with Gasteiger partial charge in [-0.2, -0.15) is 0 Å². The molecule has 1 aromatic carbocycles. The summed E-state index contributed by atoms with van der Waals surface area (Å²) in [4.78, 5) is 0. The van der Waals surface area contributed by atoms with Crippen LogP contribution in [-0.4, -0.2) is 32.4 Å². The molecular weight excluding hydrogens is 330 g/mol. The third-order valence-corrected chi connectivity index (χ3v) is 4.20. The Bertz CT molecular complexity index is 451. The van der Waals surface area contributed by atoms with Gasteiger partial charge in [0.25, 0.3) is 0 Å².